The van der Waals surface area contributed by atoms with Crippen molar-refractivity contribution in [3.8, 4) is 0 Å². The van der Waals surface area contributed by atoms with Gasteiger partial charge in [-0.2, -0.15) is 0 Å². The molecule has 2 aromatic carbocycles. The van der Waals surface area contributed by atoms with Crippen molar-refractivity contribution >= 4 is 28.9 Å². The highest BCUT2D eigenvalue weighted by molar-refractivity contribution is 6.33. The summed E-state index contributed by atoms with van der Waals surface area (Å²) in [5.41, 5.74) is 7.28. The molecule has 3 nitrogen and oxygen atoms in total. The number of nitrogens with two attached hydrogens (primary N) is 1. The molecule has 5 heteroatoms. The minimum absolute atomic E-state index is 0.174. The Hall–Kier alpha value is -2.07. The summed E-state index contributed by atoms with van der Waals surface area (Å²) in [6.07, 6.45) is 0.174. The SMILES string of the molecule is Nc1ccc(CC(=O)Nc2cc(F)ccc2Cl)cc1. The van der Waals surface area contributed by atoms with Crippen molar-refractivity contribution in [2.24, 2.45) is 0 Å². The second-order valence-electron chi connectivity index (χ2n) is 4.09. The van der Waals surface area contributed by atoms with Gasteiger partial charge in [-0.1, -0.05) is 23.7 Å². The third-order valence-electron chi connectivity index (χ3n) is 2.55. The molecule has 19 heavy (non-hydrogen) atoms. The van der Waals surface area contributed by atoms with Crippen molar-refractivity contribution in [1.29, 1.82) is 0 Å². The maximum Gasteiger partial charge on any atom is 0.228 e. The van der Waals surface area contributed by atoms with Crippen molar-refractivity contribution in [3.05, 3.63) is 58.9 Å². The van der Waals surface area contributed by atoms with Gasteiger partial charge in [-0.15, -0.1) is 0 Å². The van der Waals surface area contributed by atoms with Crippen LogP contribution in [0.2, 0.25) is 5.02 Å². The zero-order chi connectivity index (χ0) is 13.8. The number of carbonyl (C=O) groups excluding carboxylic acids is 1. The number of halogens is 2. The summed E-state index contributed by atoms with van der Waals surface area (Å²) in [6, 6.07) is 10.8. The Morgan fingerprint density at radius 2 is 1.89 bits per heavy atom. The average Bonchev–Trinajstić information content (AvgIpc) is 2.37. The molecular formula is C14H12ClFN2O. The smallest absolute Gasteiger partial charge is 0.228 e. The van der Waals surface area contributed by atoms with Gasteiger partial charge in [0.15, 0.2) is 0 Å². The summed E-state index contributed by atoms with van der Waals surface area (Å²) in [7, 11) is 0. The number of rotatable bonds is 3. The highest BCUT2D eigenvalue weighted by Gasteiger charge is 2.08. The van der Waals surface area contributed by atoms with E-state index in [2.05, 4.69) is 5.32 Å². The van der Waals surface area contributed by atoms with Crippen LogP contribution in [0.5, 0.6) is 0 Å². The number of hydrogen-bond acceptors (Lipinski definition) is 2. The lowest BCUT2D eigenvalue weighted by molar-refractivity contribution is -0.115. The molecule has 98 valence electrons. The van der Waals surface area contributed by atoms with E-state index in [1.807, 2.05) is 0 Å². The van der Waals surface area contributed by atoms with Crippen LogP contribution < -0.4 is 11.1 Å². The van der Waals surface area contributed by atoms with Crippen molar-refractivity contribution in [1.82, 2.24) is 0 Å². The average molecular weight is 279 g/mol. The number of hydrogen-bond donors (Lipinski definition) is 2. The second kappa shape index (κ2) is 5.71. The van der Waals surface area contributed by atoms with Crippen molar-refractivity contribution in [3.63, 3.8) is 0 Å². The van der Waals surface area contributed by atoms with Gasteiger partial charge >= 0.3 is 0 Å². The van der Waals surface area contributed by atoms with Crippen LogP contribution in [-0.4, -0.2) is 5.91 Å². The first kappa shape index (κ1) is 13.4. The number of amides is 1. The van der Waals surface area contributed by atoms with Gasteiger partial charge in [0.05, 0.1) is 17.1 Å². The summed E-state index contributed by atoms with van der Waals surface area (Å²) >= 11 is 5.87. The maximum absolute atomic E-state index is 13.0. The van der Waals surface area contributed by atoms with E-state index in [0.29, 0.717) is 10.7 Å². The van der Waals surface area contributed by atoms with Crippen LogP contribution in [0.3, 0.4) is 0 Å². The van der Waals surface area contributed by atoms with Crippen molar-refractivity contribution < 1.29 is 9.18 Å². The zero-order valence-electron chi connectivity index (χ0n) is 9.99. The van der Waals surface area contributed by atoms with Gasteiger partial charge in [-0.25, -0.2) is 4.39 Å². The number of benzene rings is 2. The first-order chi connectivity index (χ1) is 9.04. The fourth-order valence-electron chi connectivity index (χ4n) is 1.61. The Kier molecular flexibility index (Phi) is 4.02. The first-order valence-electron chi connectivity index (χ1n) is 5.64. The standard InChI is InChI=1S/C14H12ClFN2O/c15-12-6-3-10(16)8-13(12)18-14(19)7-9-1-4-11(17)5-2-9/h1-6,8H,7,17H2,(H,18,19). The molecule has 1 amide bonds. The molecule has 0 atom stereocenters. The zero-order valence-corrected chi connectivity index (χ0v) is 10.7. The van der Waals surface area contributed by atoms with E-state index >= 15 is 0 Å². The molecule has 0 heterocycles. The van der Waals surface area contributed by atoms with E-state index in [-0.39, 0.29) is 18.0 Å². The van der Waals surface area contributed by atoms with Crippen LogP contribution in [-0.2, 0) is 11.2 Å². The molecule has 0 aliphatic carbocycles. The predicted molar refractivity (Wildman–Crippen MR) is 74.6 cm³/mol. The van der Waals surface area contributed by atoms with Crippen LogP contribution in [0.15, 0.2) is 42.5 Å². The van der Waals surface area contributed by atoms with Gasteiger partial charge in [0.2, 0.25) is 5.91 Å². The van der Waals surface area contributed by atoms with Gasteiger partial charge in [-0.3, -0.25) is 4.79 Å². The molecular weight excluding hydrogens is 267 g/mol. The van der Waals surface area contributed by atoms with Gasteiger partial charge in [0, 0.05) is 5.69 Å². The van der Waals surface area contributed by atoms with Gasteiger partial charge < -0.3 is 11.1 Å². The van der Waals surface area contributed by atoms with Crippen LogP contribution in [0.25, 0.3) is 0 Å². The minimum atomic E-state index is -0.452. The molecule has 0 bridgehead atoms. The largest absolute Gasteiger partial charge is 0.399 e. The fraction of sp³-hybridized carbons (Fsp3) is 0.0714. The summed E-state index contributed by atoms with van der Waals surface area (Å²) in [5.74, 6) is -0.718. The molecule has 0 saturated carbocycles. The highest BCUT2D eigenvalue weighted by atomic mass is 35.5. The first-order valence-corrected chi connectivity index (χ1v) is 6.02. The van der Waals surface area contributed by atoms with Gasteiger partial charge in [0.1, 0.15) is 5.82 Å². The van der Waals surface area contributed by atoms with Crippen LogP contribution >= 0.6 is 11.6 Å². The molecule has 3 N–H and O–H groups in total. The van der Waals surface area contributed by atoms with Gasteiger partial charge in [-0.05, 0) is 35.9 Å². The molecule has 0 unspecified atom stereocenters. The molecule has 0 aromatic heterocycles. The third kappa shape index (κ3) is 3.69. The van der Waals surface area contributed by atoms with Crippen LogP contribution in [0, 0.1) is 5.82 Å². The van der Waals surface area contributed by atoms with E-state index in [9.17, 15) is 9.18 Å². The normalized spacial score (nSPS) is 10.2. The Morgan fingerprint density at radius 1 is 1.21 bits per heavy atom. The lowest BCUT2D eigenvalue weighted by Gasteiger charge is -2.07. The van der Waals surface area contributed by atoms with E-state index in [0.717, 1.165) is 5.56 Å². The number of anilines is 2. The Morgan fingerprint density at radius 3 is 2.58 bits per heavy atom. The van der Waals surface area contributed by atoms with E-state index in [1.54, 1.807) is 24.3 Å². The van der Waals surface area contributed by atoms with Crippen molar-refractivity contribution in [2.45, 2.75) is 6.42 Å². The van der Waals surface area contributed by atoms with Gasteiger partial charge in [0.25, 0.3) is 0 Å². The molecule has 2 aromatic rings. The van der Waals surface area contributed by atoms with E-state index in [1.165, 1.54) is 18.2 Å². The Bertz CT molecular complexity index is 599. The maximum atomic E-state index is 13.0. The van der Waals surface area contributed by atoms with Crippen molar-refractivity contribution in [2.75, 3.05) is 11.1 Å². The second-order valence-corrected chi connectivity index (χ2v) is 4.50. The summed E-state index contributed by atoms with van der Waals surface area (Å²) < 4.78 is 13.0. The minimum Gasteiger partial charge on any atom is -0.399 e. The molecule has 0 aliphatic rings. The highest BCUT2D eigenvalue weighted by Crippen LogP contribution is 2.22. The third-order valence-corrected chi connectivity index (χ3v) is 2.88. The van der Waals surface area contributed by atoms with Crippen LogP contribution in [0.4, 0.5) is 15.8 Å². The topological polar surface area (TPSA) is 55.1 Å². The fourth-order valence-corrected chi connectivity index (χ4v) is 1.77. The molecule has 0 radical (unpaired) electrons. The van der Waals surface area contributed by atoms with E-state index < -0.39 is 5.82 Å². The quantitative estimate of drug-likeness (QED) is 0.847. The predicted octanol–water partition coefficient (Wildman–Crippen LogP) is 3.24. The lowest BCUT2D eigenvalue weighted by Crippen LogP contribution is -2.14. The monoisotopic (exact) mass is 278 g/mol. The molecule has 0 fully saturated rings. The molecule has 0 saturated heterocycles. The van der Waals surface area contributed by atoms with Crippen LogP contribution in [0.1, 0.15) is 5.56 Å². The number of nitrogen functional groups attached to an aromatic ring is 1. The molecule has 0 aliphatic heterocycles. The molecule has 0 spiro atoms. The summed E-state index contributed by atoms with van der Waals surface area (Å²) in [4.78, 5) is 11.8. The Balaban J connectivity index is 2.05. The Labute approximate surface area is 115 Å². The number of carbonyl (C=O) groups is 1. The summed E-state index contributed by atoms with van der Waals surface area (Å²) in [6.45, 7) is 0. The molecule has 2 rings (SSSR count). The lowest BCUT2D eigenvalue weighted by atomic mass is 10.1. The number of nitrogens with one attached hydrogen (secondary N) is 1. The van der Waals surface area contributed by atoms with E-state index in [4.69, 9.17) is 17.3 Å². The summed E-state index contributed by atoms with van der Waals surface area (Å²) in [5, 5.41) is 2.87.